The number of fused-ring (bicyclic) bond motifs is 1. The first-order chi connectivity index (χ1) is 11.7. The minimum atomic E-state index is -0.0191. The molecule has 0 aromatic carbocycles. The minimum absolute atomic E-state index is 0.0191. The van der Waals surface area contributed by atoms with Crippen LogP contribution in [0.1, 0.15) is 40.8 Å². The minimum Gasteiger partial charge on any atom is -0.378 e. The molecule has 0 N–H and O–H groups in total. The van der Waals surface area contributed by atoms with Gasteiger partial charge in [-0.05, 0) is 25.8 Å². The fourth-order valence-corrected chi connectivity index (χ4v) is 3.67. The SMILES string of the molecule is Cc1noc([C@@H]2CCO[C@@H]3CCN(C(=O)c4ccnnc4)C[C@@H]32)n1. The molecule has 4 rings (SSSR count). The summed E-state index contributed by atoms with van der Waals surface area (Å²) in [5.41, 5.74) is 0.561. The highest BCUT2D eigenvalue weighted by Crippen LogP contribution is 2.39. The number of nitrogens with zero attached hydrogens (tertiary/aromatic N) is 5. The van der Waals surface area contributed by atoms with Gasteiger partial charge in [-0.15, -0.1) is 0 Å². The summed E-state index contributed by atoms with van der Waals surface area (Å²) in [6.07, 6.45) is 4.83. The molecule has 0 unspecified atom stereocenters. The number of rotatable bonds is 2. The van der Waals surface area contributed by atoms with Crippen molar-refractivity contribution < 1.29 is 14.1 Å². The number of hydrogen-bond donors (Lipinski definition) is 0. The Morgan fingerprint density at radius 3 is 3.00 bits per heavy atom. The monoisotopic (exact) mass is 329 g/mol. The van der Waals surface area contributed by atoms with E-state index in [-0.39, 0.29) is 23.8 Å². The van der Waals surface area contributed by atoms with Gasteiger partial charge < -0.3 is 14.2 Å². The van der Waals surface area contributed by atoms with Gasteiger partial charge >= 0.3 is 0 Å². The molecule has 2 aliphatic rings. The third-order valence-electron chi connectivity index (χ3n) is 4.85. The fourth-order valence-electron chi connectivity index (χ4n) is 3.67. The summed E-state index contributed by atoms with van der Waals surface area (Å²) in [6.45, 7) is 3.81. The van der Waals surface area contributed by atoms with E-state index in [4.69, 9.17) is 9.26 Å². The molecule has 0 aliphatic carbocycles. The number of amides is 1. The average Bonchev–Trinajstić information content (AvgIpc) is 3.07. The van der Waals surface area contributed by atoms with Gasteiger partial charge in [0.2, 0.25) is 5.89 Å². The molecule has 126 valence electrons. The van der Waals surface area contributed by atoms with Crippen molar-refractivity contribution in [2.24, 2.45) is 5.92 Å². The van der Waals surface area contributed by atoms with E-state index in [1.165, 1.54) is 12.4 Å². The Kier molecular flexibility index (Phi) is 3.97. The number of likely N-dealkylation sites (tertiary alicyclic amines) is 1. The molecule has 0 radical (unpaired) electrons. The van der Waals surface area contributed by atoms with E-state index < -0.39 is 0 Å². The van der Waals surface area contributed by atoms with Crippen LogP contribution in [0.15, 0.2) is 23.0 Å². The number of aryl methyl sites for hydroxylation is 1. The molecular formula is C16H19N5O3. The van der Waals surface area contributed by atoms with Crippen molar-refractivity contribution in [1.29, 1.82) is 0 Å². The predicted octanol–water partition coefficient (Wildman–Crippen LogP) is 1.20. The van der Waals surface area contributed by atoms with E-state index in [2.05, 4.69) is 20.3 Å². The highest BCUT2D eigenvalue weighted by Gasteiger charge is 2.42. The van der Waals surface area contributed by atoms with Gasteiger partial charge in [0.25, 0.3) is 5.91 Å². The standard InChI is InChI=1S/C16H19N5O3/c1-10-19-15(24-20-10)12-4-7-23-14-3-6-21(9-13(12)14)16(22)11-2-5-17-18-8-11/h2,5,8,12-14H,3-4,6-7,9H2,1H3/t12-,13-,14-/m1/s1. The van der Waals surface area contributed by atoms with Gasteiger partial charge in [-0.2, -0.15) is 15.2 Å². The van der Waals surface area contributed by atoms with E-state index in [1.807, 2.05) is 11.8 Å². The van der Waals surface area contributed by atoms with E-state index in [0.717, 1.165) is 12.8 Å². The summed E-state index contributed by atoms with van der Waals surface area (Å²) in [4.78, 5) is 19.0. The van der Waals surface area contributed by atoms with E-state index in [1.54, 1.807) is 6.07 Å². The second kappa shape index (κ2) is 6.27. The lowest BCUT2D eigenvalue weighted by atomic mass is 9.79. The summed E-state index contributed by atoms with van der Waals surface area (Å²) in [6, 6.07) is 1.69. The first-order valence-electron chi connectivity index (χ1n) is 8.20. The van der Waals surface area contributed by atoms with E-state index in [9.17, 15) is 4.79 Å². The molecule has 3 atom stereocenters. The van der Waals surface area contributed by atoms with Crippen LogP contribution in [0, 0.1) is 12.8 Å². The molecule has 24 heavy (non-hydrogen) atoms. The zero-order chi connectivity index (χ0) is 16.5. The van der Waals surface area contributed by atoms with Crippen LogP contribution >= 0.6 is 0 Å². The number of carbonyl (C=O) groups excluding carboxylic acids is 1. The number of piperidine rings is 1. The summed E-state index contributed by atoms with van der Waals surface area (Å²) in [5.74, 6) is 1.59. The average molecular weight is 329 g/mol. The topological polar surface area (TPSA) is 94.2 Å². The Morgan fingerprint density at radius 2 is 2.25 bits per heavy atom. The molecule has 8 heteroatoms. The van der Waals surface area contributed by atoms with E-state index in [0.29, 0.717) is 37.0 Å². The summed E-state index contributed by atoms with van der Waals surface area (Å²) >= 11 is 0. The summed E-state index contributed by atoms with van der Waals surface area (Å²) < 4.78 is 11.3. The molecule has 2 aromatic heterocycles. The molecule has 2 aromatic rings. The zero-order valence-electron chi connectivity index (χ0n) is 13.5. The van der Waals surface area contributed by atoms with Gasteiger partial charge in [0.1, 0.15) is 0 Å². The lowest BCUT2D eigenvalue weighted by Crippen LogP contribution is -2.51. The maximum absolute atomic E-state index is 12.7. The van der Waals surface area contributed by atoms with Crippen LogP contribution in [0.5, 0.6) is 0 Å². The predicted molar refractivity (Wildman–Crippen MR) is 82.2 cm³/mol. The highest BCUT2D eigenvalue weighted by molar-refractivity contribution is 5.93. The van der Waals surface area contributed by atoms with Crippen LogP contribution < -0.4 is 0 Å². The van der Waals surface area contributed by atoms with Crippen LogP contribution in [-0.4, -0.2) is 56.9 Å². The zero-order valence-corrected chi connectivity index (χ0v) is 13.5. The van der Waals surface area contributed by atoms with Gasteiger partial charge in [0, 0.05) is 31.5 Å². The molecule has 0 spiro atoms. The van der Waals surface area contributed by atoms with Crippen LogP contribution in [0.3, 0.4) is 0 Å². The van der Waals surface area contributed by atoms with Crippen molar-refractivity contribution in [1.82, 2.24) is 25.2 Å². The maximum atomic E-state index is 12.7. The van der Waals surface area contributed by atoms with Gasteiger partial charge in [-0.3, -0.25) is 4.79 Å². The molecule has 2 fully saturated rings. The third-order valence-corrected chi connectivity index (χ3v) is 4.85. The normalized spacial score (nSPS) is 26.9. The van der Waals surface area contributed by atoms with Crippen LogP contribution in [-0.2, 0) is 4.74 Å². The third kappa shape index (κ3) is 2.77. The van der Waals surface area contributed by atoms with Crippen molar-refractivity contribution in [3.63, 3.8) is 0 Å². The first kappa shape index (κ1) is 15.2. The van der Waals surface area contributed by atoms with Crippen molar-refractivity contribution >= 4 is 5.91 Å². The highest BCUT2D eigenvalue weighted by atomic mass is 16.5. The maximum Gasteiger partial charge on any atom is 0.255 e. The Balaban J connectivity index is 1.54. The Morgan fingerprint density at radius 1 is 1.33 bits per heavy atom. The molecule has 1 amide bonds. The van der Waals surface area contributed by atoms with Crippen molar-refractivity contribution in [2.75, 3.05) is 19.7 Å². The molecule has 0 bridgehead atoms. The van der Waals surface area contributed by atoms with Gasteiger partial charge in [0.05, 0.1) is 24.1 Å². The molecule has 4 heterocycles. The lowest BCUT2D eigenvalue weighted by molar-refractivity contribution is -0.0756. The van der Waals surface area contributed by atoms with Crippen LogP contribution in [0.4, 0.5) is 0 Å². The molecule has 0 saturated carbocycles. The lowest BCUT2D eigenvalue weighted by Gasteiger charge is -2.43. The van der Waals surface area contributed by atoms with Crippen molar-refractivity contribution in [3.05, 3.63) is 35.7 Å². The smallest absolute Gasteiger partial charge is 0.255 e. The van der Waals surface area contributed by atoms with Crippen molar-refractivity contribution in [3.8, 4) is 0 Å². The number of aromatic nitrogens is 4. The van der Waals surface area contributed by atoms with Crippen LogP contribution in [0.25, 0.3) is 0 Å². The second-order valence-corrected chi connectivity index (χ2v) is 6.32. The van der Waals surface area contributed by atoms with Crippen molar-refractivity contribution in [2.45, 2.75) is 31.8 Å². The summed E-state index contributed by atoms with van der Waals surface area (Å²) in [7, 11) is 0. The number of ether oxygens (including phenoxy) is 1. The molecule has 2 aliphatic heterocycles. The van der Waals surface area contributed by atoms with Gasteiger partial charge in [0.15, 0.2) is 5.82 Å². The fraction of sp³-hybridized carbons (Fsp3) is 0.562. The van der Waals surface area contributed by atoms with E-state index >= 15 is 0 Å². The quantitative estimate of drug-likeness (QED) is 0.817. The number of carbonyl (C=O) groups is 1. The largest absolute Gasteiger partial charge is 0.378 e. The first-order valence-corrected chi connectivity index (χ1v) is 8.20. The van der Waals surface area contributed by atoms with Crippen LogP contribution in [0.2, 0.25) is 0 Å². The van der Waals surface area contributed by atoms with Gasteiger partial charge in [-0.25, -0.2) is 0 Å². The second-order valence-electron chi connectivity index (χ2n) is 6.32. The number of hydrogen-bond acceptors (Lipinski definition) is 7. The molecule has 8 nitrogen and oxygen atoms in total. The Hall–Kier alpha value is -2.35. The Labute approximate surface area is 139 Å². The summed E-state index contributed by atoms with van der Waals surface area (Å²) in [5, 5.41) is 11.4. The molecular weight excluding hydrogens is 310 g/mol. The Bertz CT molecular complexity index is 720. The van der Waals surface area contributed by atoms with Gasteiger partial charge in [-0.1, -0.05) is 5.16 Å². The molecule has 2 saturated heterocycles.